The van der Waals surface area contributed by atoms with Gasteiger partial charge in [0.1, 0.15) is 16.5 Å². The smallest absolute Gasteiger partial charge is 0.284 e. The maximum absolute atomic E-state index is 13.9. The summed E-state index contributed by atoms with van der Waals surface area (Å²) in [5.41, 5.74) is 2.00. The number of imidazole rings is 1. The van der Waals surface area contributed by atoms with Crippen molar-refractivity contribution in [2.24, 2.45) is 7.05 Å². The number of pyridine rings is 2. The van der Waals surface area contributed by atoms with E-state index >= 15 is 0 Å². The Hall–Kier alpha value is -2.73. The van der Waals surface area contributed by atoms with Gasteiger partial charge in [-0.2, -0.15) is 0 Å². The number of aryl methyl sites for hydroxylation is 2. The fourth-order valence-electron chi connectivity index (χ4n) is 2.89. The topological polar surface area (TPSA) is 52.7 Å². The van der Waals surface area contributed by atoms with Crippen LogP contribution in [0, 0.1) is 12.7 Å². The van der Waals surface area contributed by atoms with Crippen molar-refractivity contribution in [3.8, 4) is 5.69 Å². The van der Waals surface area contributed by atoms with E-state index in [1.54, 1.807) is 17.0 Å². The van der Waals surface area contributed by atoms with Gasteiger partial charge in [-0.05, 0) is 31.2 Å². The lowest BCUT2D eigenvalue weighted by atomic mass is 10.2. The third-order valence-electron chi connectivity index (χ3n) is 4.00. The fourth-order valence-corrected chi connectivity index (χ4v) is 3.10. The molecule has 0 aliphatic carbocycles. The summed E-state index contributed by atoms with van der Waals surface area (Å²) in [4.78, 5) is 21.7. The number of fused-ring (bicyclic) bond motifs is 3. The van der Waals surface area contributed by atoms with Gasteiger partial charge in [-0.1, -0.05) is 17.7 Å². The summed E-state index contributed by atoms with van der Waals surface area (Å²) in [6.45, 7) is 1.83. The molecule has 0 bridgehead atoms. The van der Waals surface area contributed by atoms with Crippen LogP contribution in [0.3, 0.4) is 0 Å². The number of hydrogen-bond donors (Lipinski definition) is 0. The largest absolute Gasteiger partial charge is 0.333 e. The first kappa shape index (κ1) is 14.8. The van der Waals surface area contributed by atoms with Crippen molar-refractivity contribution in [2.45, 2.75) is 6.92 Å². The Labute approximate surface area is 141 Å². The van der Waals surface area contributed by atoms with Crippen molar-refractivity contribution in [2.75, 3.05) is 0 Å². The molecule has 0 radical (unpaired) electrons. The number of halogens is 2. The highest BCUT2D eigenvalue weighted by molar-refractivity contribution is 6.32. The SMILES string of the molecule is Cc1ccc2c3c(ncn3C)c(=O)n(-c3cccc(F)c3Cl)c2n1. The van der Waals surface area contributed by atoms with E-state index in [0.717, 1.165) is 11.1 Å². The van der Waals surface area contributed by atoms with Gasteiger partial charge in [0.2, 0.25) is 0 Å². The third kappa shape index (κ3) is 1.96. The first-order chi connectivity index (χ1) is 11.5. The lowest BCUT2D eigenvalue weighted by molar-refractivity contribution is 0.627. The van der Waals surface area contributed by atoms with E-state index < -0.39 is 5.82 Å². The molecule has 0 fully saturated rings. The zero-order chi connectivity index (χ0) is 17.0. The molecule has 1 aromatic carbocycles. The van der Waals surface area contributed by atoms with Crippen molar-refractivity contribution < 1.29 is 4.39 Å². The minimum absolute atomic E-state index is 0.125. The van der Waals surface area contributed by atoms with E-state index in [0.29, 0.717) is 11.2 Å². The standard InChI is InChI=1S/C17H12ClFN4O/c1-9-6-7-10-15-14(20-8-22(15)2)17(24)23(16(10)21-9)12-5-3-4-11(19)13(12)18/h3-8H,1-2H3. The van der Waals surface area contributed by atoms with E-state index in [9.17, 15) is 9.18 Å². The predicted octanol–water partition coefficient (Wildman–Crippen LogP) is 3.37. The van der Waals surface area contributed by atoms with Crippen LogP contribution in [0.1, 0.15) is 5.69 Å². The number of nitrogens with zero attached hydrogens (tertiary/aromatic N) is 4. The summed E-state index contributed by atoms with van der Waals surface area (Å²) in [6, 6.07) is 8.08. The minimum Gasteiger partial charge on any atom is -0.333 e. The Kier molecular flexibility index (Phi) is 3.18. The van der Waals surface area contributed by atoms with E-state index in [1.807, 2.05) is 26.1 Å². The molecule has 0 saturated heterocycles. The quantitative estimate of drug-likeness (QED) is 0.533. The van der Waals surface area contributed by atoms with Crippen molar-refractivity contribution in [3.05, 3.63) is 63.5 Å². The molecule has 0 N–H and O–H groups in total. The van der Waals surface area contributed by atoms with Gasteiger partial charge >= 0.3 is 0 Å². The van der Waals surface area contributed by atoms with Gasteiger partial charge < -0.3 is 4.57 Å². The van der Waals surface area contributed by atoms with Gasteiger partial charge in [-0.15, -0.1) is 0 Å². The summed E-state index contributed by atoms with van der Waals surface area (Å²) < 4.78 is 17.0. The number of benzene rings is 1. The Balaban J connectivity index is 2.30. The van der Waals surface area contributed by atoms with Crippen LogP contribution in [0.25, 0.3) is 27.8 Å². The van der Waals surface area contributed by atoms with Gasteiger partial charge in [0.25, 0.3) is 5.56 Å². The molecule has 0 unspecified atom stereocenters. The normalized spacial score (nSPS) is 11.5. The zero-order valence-corrected chi connectivity index (χ0v) is 13.7. The van der Waals surface area contributed by atoms with Crippen LogP contribution in [0.5, 0.6) is 0 Å². The maximum Gasteiger partial charge on any atom is 0.284 e. The van der Waals surface area contributed by atoms with Crippen LogP contribution in [0.2, 0.25) is 5.02 Å². The average molecular weight is 343 g/mol. The molecule has 0 aliphatic heterocycles. The maximum atomic E-state index is 13.9. The predicted molar refractivity (Wildman–Crippen MR) is 91.3 cm³/mol. The Morgan fingerprint density at radius 1 is 1.21 bits per heavy atom. The van der Waals surface area contributed by atoms with Gasteiger partial charge in [0, 0.05) is 18.1 Å². The molecule has 0 spiro atoms. The van der Waals surface area contributed by atoms with Crippen LogP contribution in [-0.2, 0) is 7.05 Å². The van der Waals surface area contributed by atoms with Crippen LogP contribution in [0.4, 0.5) is 4.39 Å². The second-order valence-electron chi connectivity index (χ2n) is 5.59. The lowest BCUT2D eigenvalue weighted by Crippen LogP contribution is -2.21. The third-order valence-corrected chi connectivity index (χ3v) is 4.37. The molecule has 0 atom stereocenters. The minimum atomic E-state index is -0.594. The molecule has 5 nitrogen and oxygen atoms in total. The van der Waals surface area contributed by atoms with Crippen LogP contribution >= 0.6 is 11.6 Å². The number of hydrogen-bond acceptors (Lipinski definition) is 3. The van der Waals surface area contributed by atoms with Crippen molar-refractivity contribution >= 4 is 33.7 Å². The van der Waals surface area contributed by atoms with E-state index in [2.05, 4.69) is 9.97 Å². The number of rotatable bonds is 1. The van der Waals surface area contributed by atoms with Crippen LogP contribution < -0.4 is 5.56 Å². The summed E-state index contributed by atoms with van der Waals surface area (Å²) in [6.07, 6.45) is 1.57. The molecule has 120 valence electrons. The van der Waals surface area contributed by atoms with Crippen molar-refractivity contribution in [1.82, 2.24) is 19.1 Å². The molecular formula is C17H12ClFN4O. The van der Waals surface area contributed by atoms with Crippen LogP contribution in [0.15, 0.2) is 41.5 Å². The summed E-state index contributed by atoms with van der Waals surface area (Å²) in [5, 5.41) is 0.620. The number of aromatic nitrogens is 4. The highest BCUT2D eigenvalue weighted by Gasteiger charge is 2.19. The Morgan fingerprint density at radius 3 is 2.79 bits per heavy atom. The molecule has 4 aromatic rings. The second kappa shape index (κ2) is 5.14. The van der Waals surface area contributed by atoms with Gasteiger partial charge in [-0.3, -0.25) is 9.36 Å². The molecule has 24 heavy (non-hydrogen) atoms. The molecule has 3 aromatic heterocycles. The van der Waals surface area contributed by atoms with Crippen molar-refractivity contribution in [3.63, 3.8) is 0 Å². The fraction of sp³-hybridized carbons (Fsp3) is 0.118. The van der Waals surface area contributed by atoms with E-state index in [-0.39, 0.29) is 21.8 Å². The van der Waals surface area contributed by atoms with E-state index in [1.165, 1.54) is 16.7 Å². The lowest BCUT2D eigenvalue weighted by Gasteiger charge is -2.13. The highest BCUT2D eigenvalue weighted by atomic mass is 35.5. The summed E-state index contributed by atoms with van der Waals surface area (Å²) >= 11 is 6.11. The Bertz CT molecular complexity index is 1180. The van der Waals surface area contributed by atoms with Gasteiger partial charge in [0.15, 0.2) is 5.52 Å². The average Bonchev–Trinajstić information content (AvgIpc) is 2.94. The first-order valence-electron chi connectivity index (χ1n) is 7.27. The van der Waals surface area contributed by atoms with E-state index in [4.69, 9.17) is 11.6 Å². The molecule has 0 saturated carbocycles. The van der Waals surface area contributed by atoms with Crippen LogP contribution in [-0.4, -0.2) is 19.1 Å². The summed E-state index contributed by atoms with van der Waals surface area (Å²) in [7, 11) is 1.81. The highest BCUT2D eigenvalue weighted by Crippen LogP contribution is 2.28. The zero-order valence-electron chi connectivity index (χ0n) is 12.9. The first-order valence-corrected chi connectivity index (χ1v) is 7.64. The summed E-state index contributed by atoms with van der Waals surface area (Å²) in [5.74, 6) is -0.594. The molecular weight excluding hydrogens is 331 g/mol. The molecule has 4 rings (SSSR count). The van der Waals surface area contributed by atoms with Gasteiger partial charge in [0.05, 0.1) is 17.5 Å². The monoisotopic (exact) mass is 342 g/mol. The second-order valence-corrected chi connectivity index (χ2v) is 5.97. The molecule has 3 heterocycles. The van der Waals surface area contributed by atoms with Gasteiger partial charge in [-0.25, -0.2) is 14.4 Å². The van der Waals surface area contributed by atoms with Crippen molar-refractivity contribution in [1.29, 1.82) is 0 Å². The molecule has 0 amide bonds. The molecule has 7 heteroatoms. The molecule has 0 aliphatic rings. The Morgan fingerprint density at radius 2 is 2.00 bits per heavy atom.